The molecule has 1 aromatic carbocycles. The van der Waals surface area contributed by atoms with Gasteiger partial charge in [-0.1, -0.05) is 30.0 Å². The topological polar surface area (TPSA) is 66.6 Å². The number of nitrogens with zero attached hydrogens (tertiary/aromatic N) is 1. The number of fused-ring (bicyclic) bond motifs is 1. The summed E-state index contributed by atoms with van der Waals surface area (Å²) in [6, 6.07) is 8.42. The van der Waals surface area contributed by atoms with Crippen molar-refractivity contribution in [3.63, 3.8) is 0 Å². The molecule has 1 heterocycles. The maximum atomic E-state index is 10.7. The van der Waals surface area contributed by atoms with E-state index in [9.17, 15) is 10.0 Å². The van der Waals surface area contributed by atoms with Gasteiger partial charge in [0.25, 0.3) is 0 Å². The molecule has 18 heavy (non-hydrogen) atoms. The number of hydrogen-bond donors (Lipinski definition) is 2. The second kappa shape index (κ2) is 5.08. The number of benzene rings is 1. The van der Waals surface area contributed by atoms with E-state index in [4.69, 9.17) is 5.73 Å². The summed E-state index contributed by atoms with van der Waals surface area (Å²) in [6.45, 7) is 1.60. The molecule has 0 spiro atoms. The summed E-state index contributed by atoms with van der Waals surface area (Å²) in [5.41, 5.74) is 4.94. The van der Waals surface area contributed by atoms with Crippen molar-refractivity contribution >= 4 is 27.5 Å². The van der Waals surface area contributed by atoms with Crippen LogP contribution < -0.4 is 5.73 Å². The Hall–Kier alpha value is -2.03. The van der Waals surface area contributed by atoms with Gasteiger partial charge in [-0.2, -0.15) is 5.06 Å². The molecule has 0 fully saturated rings. The third-order valence-electron chi connectivity index (χ3n) is 2.42. The second-order valence-corrected chi connectivity index (χ2v) is 4.86. The van der Waals surface area contributed by atoms with Crippen LogP contribution in [0.5, 0.6) is 0 Å². The molecule has 2 aromatic rings. The maximum absolute atomic E-state index is 10.7. The first-order chi connectivity index (χ1) is 8.58. The third-order valence-corrected chi connectivity index (χ3v) is 3.45. The zero-order valence-corrected chi connectivity index (χ0v) is 10.6. The SMILES string of the molecule is CC(C#Cc1cc2ccccc2s1)N(O)C(N)=O. The molecule has 4 nitrogen and oxygen atoms in total. The smallest absolute Gasteiger partial charge is 0.339 e. The Balaban J connectivity index is 2.21. The van der Waals surface area contributed by atoms with E-state index in [1.54, 1.807) is 18.3 Å². The lowest BCUT2D eigenvalue weighted by atomic mass is 10.2. The molecule has 2 amide bonds. The molecule has 92 valence electrons. The molecule has 3 N–H and O–H groups in total. The van der Waals surface area contributed by atoms with Gasteiger partial charge >= 0.3 is 6.03 Å². The Morgan fingerprint density at radius 1 is 1.50 bits per heavy atom. The van der Waals surface area contributed by atoms with Crippen LogP contribution in [0.3, 0.4) is 0 Å². The van der Waals surface area contributed by atoms with Gasteiger partial charge in [0.05, 0.1) is 4.88 Å². The van der Waals surface area contributed by atoms with Crippen molar-refractivity contribution in [2.75, 3.05) is 0 Å². The summed E-state index contributed by atoms with van der Waals surface area (Å²) < 4.78 is 1.16. The van der Waals surface area contributed by atoms with E-state index in [2.05, 4.69) is 11.8 Å². The summed E-state index contributed by atoms with van der Waals surface area (Å²) in [7, 11) is 0. The average molecular weight is 260 g/mol. The molecule has 0 saturated carbocycles. The minimum Gasteiger partial charge on any atom is -0.350 e. The first-order valence-corrected chi connectivity index (χ1v) is 6.17. The van der Waals surface area contributed by atoms with Crippen molar-refractivity contribution in [2.24, 2.45) is 5.73 Å². The number of rotatable bonds is 1. The minimum atomic E-state index is -0.909. The highest BCUT2D eigenvalue weighted by molar-refractivity contribution is 7.19. The second-order valence-electron chi connectivity index (χ2n) is 3.78. The predicted molar refractivity (Wildman–Crippen MR) is 71.4 cm³/mol. The number of carbonyl (C=O) groups is 1. The number of nitrogens with two attached hydrogens (primary N) is 1. The third kappa shape index (κ3) is 2.62. The van der Waals surface area contributed by atoms with Crippen LogP contribution in [0, 0.1) is 11.8 Å². The van der Waals surface area contributed by atoms with Gasteiger partial charge in [0.15, 0.2) is 0 Å². The fraction of sp³-hybridized carbons (Fsp3) is 0.154. The molecule has 1 unspecified atom stereocenters. The number of hydroxylamine groups is 2. The van der Waals surface area contributed by atoms with Gasteiger partial charge in [-0.25, -0.2) is 4.79 Å². The number of urea groups is 1. The lowest BCUT2D eigenvalue weighted by Gasteiger charge is -2.14. The Morgan fingerprint density at radius 2 is 2.22 bits per heavy atom. The van der Waals surface area contributed by atoms with Gasteiger partial charge in [0.1, 0.15) is 6.04 Å². The number of carbonyl (C=O) groups excluding carboxylic acids is 1. The maximum Gasteiger partial charge on any atom is 0.339 e. The standard InChI is InChI=1S/C13H12N2O2S/c1-9(15(17)13(14)16)6-7-11-8-10-4-2-3-5-12(10)18-11/h2-5,8-9,17H,1H3,(H2,14,16). The van der Waals surface area contributed by atoms with E-state index in [-0.39, 0.29) is 0 Å². The van der Waals surface area contributed by atoms with E-state index in [1.807, 2.05) is 30.3 Å². The van der Waals surface area contributed by atoms with Crippen molar-refractivity contribution in [3.05, 3.63) is 35.2 Å². The van der Waals surface area contributed by atoms with Gasteiger partial charge in [0.2, 0.25) is 0 Å². The highest BCUT2D eigenvalue weighted by Gasteiger charge is 2.11. The molecular weight excluding hydrogens is 248 g/mol. The van der Waals surface area contributed by atoms with Crippen LogP contribution in [-0.2, 0) is 0 Å². The van der Waals surface area contributed by atoms with Crippen molar-refractivity contribution in [1.82, 2.24) is 5.06 Å². The van der Waals surface area contributed by atoms with Crippen LogP contribution in [-0.4, -0.2) is 22.3 Å². The molecule has 1 aromatic heterocycles. The van der Waals surface area contributed by atoms with E-state index < -0.39 is 12.1 Å². The molecule has 0 aliphatic heterocycles. The first-order valence-electron chi connectivity index (χ1n) is 5.35. The summed E-state index contributed by atoms with van der Waals surface area (Å²) in [5.74, 6) is 5.71. The fourth-order valence-corrected chi connectivity index (χ4v) is 2.40. The number of hydrogen-bond acceptors (Lipinski definition) is 3. The quantitative estimate of drug-likeness (QED) is 0.470. The first kappa shape index (κ1) is 12.4. The summed E-state index contributed by atoms with van der Waals surface area (Å²) in [5, 5.41) is 10.8. The molecule has 0 bridgehead atoms. The number of amides is 2. The van der Waals surface area contributed by atoms with Gasteiger partial charge in [0, 0.05) is 4.70 Å². The van der Waals surface area contributed by atoms with E-state index >= 15 is 0 Å². The van der Waals surface area contributed by atoms with Gasteiger partial charge in [-0.3, -0.25) is 5.21 Å². The molecular formula is C13H12N2O2S. The Bertz CT molecular complexity index is 606. The normalized spacial score (nSPS) is 11.7. The molecule has 0 aliphatic rings. The highest BCUT2D eigenvalue weighted by atomic mass is 32.1. The Labute approximate surface area is 109 Å². The van der Waals surface area contributed by atoms with Gasteiger partial charge in [-0.05, 0) is 24.4 Å². The number of thiophene rings is 1. The van der Waals surface area contributed by atoms with Crippen molar-refractivity contribution in [3.8, 4) is 11.8 Å². The van der Waals surface area contributed by atoms with Crippen LogP contribution in [0.4, 0.5) is 4.79 Å². The minimum absolute atomic E-state index is 0.417. The van der Waals surface area contributed by atoms with Crippen LogP contribution in [0.15, 0.2) is 30.3 Å². The van der Waals surface area contributed by atoms with Crippen LogP contribution in [0.25, 0.3) is 10.1 Å². The lowest BCUT2D eigenvalue weighted by Crippen LogP contribution is -2.38. The Kier molecular flexibility index (Phi) is 3.51. The Morgan fingerprint density at radius 3 is 2.89 bits per heavy atom. The van der Waals surface area contributed by atoms with Gasteiger partial charge in [-0.15, -0.1) is 11.3 Å². The monoisotopic (exact) mass is 260 g/mol. The summed E-state index contributed by atoms with van der Waals surface area (Å²) >= 11 is 1.57. The van der Waals surface area contributed by atoms with Crippen LogP contribution in [0.1, 0.15) is 11.8 Å². The zero-order chi connectivity index (χ0) is 13.1. The molecule has 2 rings (SSSR count). The van der Waals surface area contributed by atoms with E-state index in [0.29, 0.717) is 5.06 Å². The predicted octanol–water partition coefficient (Wildman–Crippen LogP) is 2.41. The highest BCUT2D eigenvalue weighted by Crippen LogP contribution is 2.24. The van der Waals surface area contributed by atoms with Crippen molar-refractivity contribution < 1.29 is 10.0 Å². The average Bonchev–Trinajstić information content (AvgIpc) is 2.77. The van der Waals surface area contributed by atoms with Gasteiger partial charge < -0.3 is 5.73 Å². The molecule has 1 atom stereocenters. The summed E-state index contributed by atoms with van der Waals surface area (Å²) in [6.07, 6.45) is 0. The van der Waals surface area contributed by atoms with Crippen LogP contribution >= 0.6 is 11.3 Å². The molecule has 5 heteroatoms. The summed E-state index contributed by atoms with van der Waals surface area (Å²) in [4.78, 5) is 11.6. The number of primary amides is 1. The largest absolute Gasteiger partial charge is 0.350 e. The van der Waals surface area contributed by atoms with Crippen LogP contribution in [0.2, 0.25) is 0 Å². The van der Waals surface area contributed by atoms with E-state index in [0.717, 1.165) is 15.0 Å². The zero-order valence-electron chi connectivity index (χ0n) is 9.75. The molecule has 0 aliphatic carbocycles. The van der Waals surface area contributed by atoms with Crippen molar-refractivity contribution in [1.29, 1.82) is 0 Å². The lowest BCUT2D eigenvalue weighted by molar-refractivity contribution is -0.0536. The fourth-order valence-electron chi connectivity index (χ4n) is 1.47. The molecule has 0 radical (unpaired) electrons. The molecule has 0 saturated heterocycles. The van der Waals surface area contributed by atoms with Crippen molar-refractivity contribution in [2.45, 2.75) is 13.0 Å². The van der Waals surface area contributed by atoms with E-state index in [1.165, 1.54) is 0 Å².